The fourth-order valence-corrected chi connectivity index (χ4v) is 4.24. The molecule has 1 heterocycles. The number of allylic oxidation sites excluding steroid dienone is 2. The molecule has 23 heavy (non-hydrogen) atoms. The average molecular weight is 316 g/mol. The highest BCUT2D eigenvalue weighted by Crippen LogP contribution is 2.52. The zero-order chi connectivity index (χ0) is 16.0. The summed E-state index contributed by atoms with van der Waals surface area (Å²) in [6.07, 6.45) is 8.43. The third-order valence-corrected chi connectivity index (χ3v) is 5.55. The summed E-state index contributed by atoms with van der Waals surface area (Å²) in [4.78, 5) is 30.8. The van der Waals surface area contributed by atoms with Gasteiger partial charge >= 0.3 is 0 Å². The van der Waals surface area contributed by atoms with E-state index >= 15 is 0 Å². The molecule has 2 N–H and O–H groups in total. The standard InChI is InChI=1S/C17H24N4O2/c1-18-17(20-12-5-6-12)19-7-2-8-21-15(22)13-10-3-4-11(9-10)14(13)16(21)23/h3-4,10-14H,2,5-9H2,1H3,(H2,18,19,20). The van der Waals surface area contributed by atoms with Crippen LogP contribution in [-0.4, -0.2) is 48.9 Å². The monoisotopic (exact) mass is 316 g/mol. The van der Waals surface area contributed by atoms with Gasteiger partial charge < -0.3 is 10.6 Å². The Morgan fingerprint density at radius 1 is 1.22 bits per heavy atom. The van der Waals surface area contributed by atoms with Crippen LogP contribution in [0.2, 0.25) is 0 Å². The van der Waals surface area contributed by atoms with E-state index in [1.54, 1.807) is 7.05 Å². The number of imide groups is 1. The molecule has 4 unspecified atom stereocenters. The number of hydrogen-bond donors (Lipinski definition) is 2. The van der Waals surface area contributed by atoms with Crippen LogP contribution in [0.4, 0.5) is 0 Å². The molecule has 0 spiro atoms. The first kappa shape index (κ1) is 14.7. The van der Waals surface area contributed by atoms with Crippen molar-refractivity contribution in [1.82, 2.24) is 15.5 Å². The van der Waals surface area contributed by atoms with E-state index < -0.39 is 0 Å². The minimum Gasteiger partial charge on any atom is -0.356 e. The molecule has 0 aromatic rings. The van der Waals surface area contributed by atoms with E-state index in [-0.39, 0.29) is 23.7 Å². The molecule has 1 saturated heterocycles. The van der Waals surface area contributed by atoms with E-state index in [0.29, 0.717) is 31.0 Å². The lowest BCUT2D eigenvalue weighted by Crippen LogP contribution is -2.40. The Kier molecular flexibility index (Phi) is 3.62. The first-order chi connectivity index (χ1) is 11.2. The van der Waals surface area contributed by atoms with Crippen LogP contribution in [0.1, 0.15) is 25.7 Å². The Hall–Kier alpha value is -1.85. The van der Waals surface area contributed by atoms with Crippen molar-refractivity contribution in [1.29, 1.82) is 0 Å². The van der Waals surface area contributed by atoms with Crippen molar-refractivity contribution in [2.75, 3.05) is 20.1 Å². The molecule has 4 atom stereocenters. The Bertz CT molecular complexity index is 551. The molecular weight excluding hydrogens is 292 g/mol. The van der Waals surface area contributed by atoms with E-state index in [1.165, 1.54) is 17.7 Å². The second-order valence-corrected chi connectivity index (χ2v) is 7.10. The molecule has 3 fully saturated rings. The van der Waals surface area contributed by atoms with Crippen molar-refractivity contribution in [3.63, 3.8) is 0 Å². The van der Waals surface area contributed by atoms with Gasteiger partial charge in [-0.05, 0) is 37.5 Å². The number of aliphatic imine (C=N–C) groups is 1. The van der Waals surface area contributed by atoms with E-state index in [1.807, 2.05) is 0 Å². The summed E-state index contributed by atoms with van der Waals surface area (Å²) in [5, 5.41) is 6.57. The Balaban J connectivity index is 1.27. The van der Waals surface area contributed by atoms with Gasteiger partial charge in [0.1, 0.15) is 0 Å². The molecule has 0 aromatic carbocycles. The maximum Gasteiger partial charge on any atom is 0.233 e. The van der Waals surface area contributed by atoms with Gasteiger partial charge in [0.2, 0.25) is 11.8 Å². The van der Waals surface area contributed by atoms with Crippen molar-refractivity contribution in [2.24, 2.45) is 28.7 Å². The molecule has 6 heteroatoms. The SMILES string of the molecule is CN=C(NCCCN1C(=O)C2C3C=CC(C3)C2C1=O)NC1CC1. The summed E-state index contributed by atoms with van der Waals surface area (Å²) in [5.41, 5.74) is 0. The topological polar surface area (TPSA) is 73.8 Å². The number of rotatable bonds is 5. The Labute approximate surface area is 136 Å². The van der Waals surface area contributed by atoms with E-state index in [9.17, 15) is 9.59 Å². The molecule has 6 nitrogen and oxygen atoms in total. The first-order valence-corrected chi connectivity index (χ1v) is 8.70. The second kappa shape index (κ2) is 5.65. The van der Waals surface area contributed by atoms with Crippen molar-refractivity contribution in [3.8, 4) is 0 Å². The molecule has 0 aromatic heterocycles. The van der Waals surface area contributed by atoms with Crippen molar-refractivity contribution >= 4 is 17.8 Å². The minimum absolute atomic E-state index is 0.0531. The number of hydrogen-bond acceptors (Lipinski definition) is 3. The van der Waals surface area contributed by atoms with Gasteiger partial charge in [-0.3, -0.25) is 19.5 Å². The molecular formula is C17H24N4O2. The van der Waals surface area contributed by atoms with Gasteiger partial charge in [-0.2, -0.15) is 0 Å². The zero-order valence-electron chi connectivity index (χ0n) is 13.5. The lowest BCUT2D eigenvalue weighted by Gasteiger charge is -2.17. The summed E-state index contributed by atoms with van der Waals surface area (Å²) in [6.45, 7) is 1.22. The third-order valence-electron chi connectivity index (χ3n) is 5.55. The highest BCUT2D eigenvalue weighted by molar-refractivity contribution is 6.06. The normalized spacial score (nSPS) is 35.2. The van der Waals surface area contributed by atoms with Gasteiger partial charge in [-0.1, -0.05) is 12.2 Å². The highest BCUT2D eigenvalue weighted by atomic mass is 16.2. The molecule has 2 saturated carbocycles. The van der Waals surface area contributed by atoms with E-state index in [0.717, 1.165) is 18.8 Å². The number of nitrogens with one attached hydrogen (secondary N) is 2. The number of carbonyl (C=O) groups excluding carboxylic acids is 2. The predicted molar refractivity (Wildman–Crippen MR) is 86.6 cm³/mol. The van der Waals surface area contributed by atoms with Crippen LogP contribution < -0.4 is 10.6 Å². The summed E-state index contributed by atoms with van der Waals surface area (Å²) < 4.78 is 0. The fourth-order valence-electron chi connectivity index (χ4n) is 4.24. The number of carbonyl (C=O) groups is 2. The van der Waals surface area contributed by atoms with Crippen LogP contribution in [0, 0.1) is 23.7 Å². The van der Waals surface area contributed by atoms with Crippen molar-refractivity contribution < 1.29 is 9.59 Å². The van der Waals surface area contributed by atoms with Crippen LogP contribution in [-0.2, 0) is 9.59 Å². The molecule has 4 rings (SSSR count). The molecule has 4 aliphatic rings. The Morgan fingerprint density at radius 2 is 1.87 bits per heavy atom. The highest BCUT2D eigenvalue weighted by Gasteiger charge is 2.58. The van der Waals surface area contributed by atoms with Gasteiger partial charge in [0, 0.05) is 26.2 Å². The summed E-state index contributed by atoms with van der Waals surface area (Å²) in [5.74, 6) is 1.36. The van der Waals surface area contributed by atoms with Crippen LogP contribution in [0.5, 0.6) is 0 Å². The lowest BCUT2D eigenvalue weighted by molar-refractivity contribution is -0.140. The van der Waals surface area contributed by atoms with Gasteiger partial charge in [0.05, 0.1) is 11.8 Å². The minimum atomic E-state index is -0.0743. The second-order valence-electron chi connectivity index (χ2n) is 7.10. The summed E-state index contributed by atoms with van der Waals surface area (Å²) in [6, 6.07) is 0.560. The number of guanidine groups is 1. The van der Waals surface area contributed by atoms with Gasteiger partial charge in [-0.25, -0.2) is 0 Å². The van der Waals surface area contributed by atoms with Crippen LogP contribution in [0.3, 0.4) is 0 Å². The number of likely N-dealkylation sites (tertiary alicyclic amines) is 1. The number of fused-ring (bicyclic) bond motifs is 5. The van der Waals surface area contributed by atoms with E-state index in [4.69, 9.17) is 0 Å². The molecule has 0 radical (unpaired) electrons. The number of nitrogens with zero attached hydrogens (tertiary/aromatic N) is 2. The maximum absolute atomic E-state index is 12.5. The third kappa shape index (κ3) is 2.54. The molecule has 124 valence electrons. The summed E-state index contributed by atoms with van der Waals surface area (Å²) >= 11 is 0. The van der Waals surface area contributed by atoms with Crippen LogP contribution in [0.15, 0.2) is 17.1 Å². The maximum atomic E-state index is 12.5. The average Bonchev–Trinajstić information content (AvgIpc) is 3.03. The first-order valence-electron chi connectivity index (χ1n) is 8.70. The predicted octanol–water partition coefficient (Wildman–Crippen LogP) is 0.511. The van der Waals surface area contributed by atoms with E-state index in [2.05, 4.69) is 27.8 Å². The quantitative estimate of drug-likeness (QED) is 0.255. The fraction of sp³-hybridized carbons (Fsp3) is 0.706. The van der Waals surface area contributed by atoms with Crippen LogP contribution >= 0.6 is 0 Å². The van der Waals surface area contributed by atoms with Crippen LogP contribution in [0.25, 0.3) is 0 Å². The largest absolute Gasteiger partial charge is 0.356 e. The van der Waals surface area contributed by atoms with Gasteiger partial charge in [0.25, 0.3) is 0 Å². The van der Waals surface area contributed by atoms with Gasteiger partial charge in [-0.15, -0.1) is 0 Å². The van der Waals surface area contributed by atoms with Gasteiger partial charge in [0.15, 0.2) is 5.96 Å². The number of amides is 2. The summed E-state index contributed by atoms with van der Waals surface area (Å²) in [7, 11) is 1.76. The lowest BCUT2D eigenvalue weighted by atomic mass is 9.85. The zero-order valence-corrected chi connectivity index (χ0v) is 13.5. The molecule has 1 aliphatic heterocycles. The molecule has 3 aliphatic carbocycles. The molecule has 2 amide bonds. The smallest absolute Gasteiger partial charge is 0.233 e. The van der Waals surface area contributed by atoms with Crippen molar-refractivity contribution in [3.05, 3.63) is 12.2 Å². The molecule has 2 bridgehead atoms. The van der Waals surface area contributed by atoms with Crippen molar-refractivity contribution in [2.45, 2.75) is 31.7 Å². The Morgan fingerprint density at radius 3 is 2.43 bits per heavy atom.